The quantitative estimate of drug-likeness (QED) is 0.490. The molecule has 0 saturated heterocycles. The molecular formula is C19H30N4OS. The molecule has 0 aromatic heterocycles. The van der Waals surface area contributed by atoms with Crippen molar-refractivity contribution in [3.05, 3.63) is 28.8 Å². The number of thiocarbonyl (C=S) groups is 1. The normalized spacial score (nSPS) is 19.8. The maximum Gasteiger partial charge on any atom is 0.257 e. The lowest BCUT2D eigenvalue weighted by atomic mass is 9.86. The Morgan fingerprint density at radius 3 is 2.40 bits per heavy atom. The highest BCUT2D eigenvalue weighted by molar-refractivity contribution is 7.80. The molecule has 2 rings (SSSR count). The van der Waals surface area contributed by atoms with Gasteiger partial charge in [-0.2, -0.15) is 0 Å². The monoisotopic (exact) mass is 362 g/mol. The van der Waals surface area contributed by atoms with Gasteiger partial charge in [-0.1, -0.05) is 37.5 Å². The van der Waals surface area contributed by atoms with Crippen LogP contribution in [0.4, 0.5) is 5.69 Å². The lowest BCUT2D eigenvalue weighted by Crippen LogP contribution is -2.52. The minimum atomic E-state index is -0.153. The van der Waals surface area contributed by atoms with Gasteiger partial charge in [0.25, 0.3) is 5.91 Å². The number of carbonyl (C=O) groups is 1. The number of anilines is 1. The van der Waals surface area contributed by atoms with E-state index in [1.807, 2.05) is 13.8 Å². The van der Waals surface area contributed by atoms with Gasteiger partial charge < -0.3 is 10.6 Å². The predicted octanol–water partition coefficient (Wildman–Crippen LogP) is 3.10. The van der Waals surface area contributed by atoms with Gasteiger partial charge in [-0.05, 0) is 62.9 Å². The Morgan fingerprint density at radius 1 is 1.12 bits per heavy atom. The smallest absolute Gasteiger partial charge is 0.257 e. The summed E-state index contributed by atoms with van der Waals surface area (Å²) in [5.74, 6) is 0.457. The highest BCUT2D eigenvalue weighted by atomic mass is 32.1. The average Bonchev–Trinajstić information content (AvgIpc) is 2.54. The Labute approximate surface area is 156 Å². The molecule has 0 bridgehead atoms. The molecule has 0 radical (unpaired) electrons. The first-order chi connectivity index (χ1) is 11.9. The van der Waals surface area contributed by atoms with E-state index in [9.17, 15) is 4.79 Å². The lowest BCUT2D eigenvalue weighted by Gasteiger charge is -2.30. The van der Waals surface area contributed by atoms with Crippen LogP contribution in [-0.2, 0) is 4.79 Å². The van der Waals surface area contributed by atoms with Crippen LogP contribution >= 0.6 is 12.2 Å². The van der Waals surface area contributed by atoms with Crippen LogP contribution in [0.5, 0.6) is 0 Å². The Kier molecular flexibility index (Phi) is 7.05. The molecule has 1 aromatic rings. The van der Waals surface area contributed by atoms with Gasteiger partial charge in [0.2, 0.25) is 0 Å². The Bertz CT molecular complexity index is 609. The third kappa shape index (κ3) is 5.88. The van der Waals surface area contributed by atoms with Crippen LogP contribution in [0.15, 0.2) is 12.1 Å². The largest absolute Gasteiger partial charge is 0.376 e. The number of amides is 1. The summed E-state index contributed by atoms with van der Waals surface area (Å²) in [5.41, 5.74) is 9.97. The molecule has 4 N–H and O–H groups in total. The predicted molar refractivity (Wildman–Crippen MR) is 108 cm³/mol. The van der Waals surface area contributed by atoms with Crippen molar-refractivity contribution in [1.29, 1.82) is 0 Å². The van der Waals surface area contributed by atoms with Gasteiger partial charge in [0.1, 0.15) is 0 Å². The molecule has 0 heterocycles. The van der Waals surface area contributed by atoms with Crippen LogP contribution in [0.3, 0.4) is 0 Å². The van der Waals surface area contributed by atoms with Crippen molar-refractivity contribution in [3.8, 4) is 0 Å². The summed E-state index contributed by atoms with van der Waals surface area (Å²) in [6.45, 7) is 8.60. The summed E-state index contributed by atoms with van der Waals surface area (Å²) >= 11 is 5.28. The van der Waals surface area contributed by atoms with Crippen molar-refractivity contribution in [2.24, 2.45) is 5.92 Å². The van der Waals surface area contributed by atoms with Crippen molar-refractivity contribution in [3.63, 3.8) is 0 Å². The van der Waals surface area contributed by atoms with E-state index in [2.05, 4.69) is 47.5 Å². The van der Waals surface area contributed by atoms with Gasteiger partial charge in [-0.15, -0.1) is 0 Å². The van der Waals surface area contributed by atoms with Crippen molar-refractivity contribution < 1.29 is 4.79 Å². The minimum Gasteiger partial charge on any atom is -0.376 e. The Hall–Kier alpha value is -1.82. The van der Waals surface area contributed by atoms with Gasteiger partial charge >= 0.3 is 0 Å². The fourth-order valence-electron chi connectivity index (χ4n) is 3.53. The molecule has 1 saturated carbocycles. The van der Waals surface area contributed by atoms with Crippen LogP contribution in [0, 0.1) is 26.7 Å². The fraction of sp³-hybridized carbons (Fsp3) is 0.579. The summed E-state index contributed by atoms with van der Waals surface area (Å²) in [6, 6.07) is 4.60. The van der Waals surface area contributed by atoms with Gasteiger partial charge in [-0.3, -0.25) is 15.6 Å². The molecule has 0 unspecified atom stereocenters. The molecule has 1 aromatic carbocycles. The first-order valence-corrected chi connectivity index (χ1v) is 9.44. The van der Waals surface area contributed by atoms with E-state index in [1.165, 1.54) is 24.8 Å². The molecule has 0 spiro atoms. The Morgan fingerprint density at radius 2 is 1.76 bits per heavy atom. The third-order valence-electron chi connectivity index (χ3n) is 4.85. The summed E-state index contributed by atoms with van der Waals surface area (Å²) < 4.78 is 0. The van der Waals surface area contributed by atoms with Gasteiger partial charge in [0.15, 0.2) is 5.11 Å². The molecule has 138 valence electrons. The maximum absolute atomic E-state index is 12.0. The summed E-state index contributed by atoms with van der Waals surface area (Å²) in [5, 5.41) is 6.99. The highest BCUT2D eigenvalue weighted by Crippen LogP contribution is 2.23. The van der Waals surface area contributed by atoms with E-state index in [-0.39, 0.29) is 12.5 Å². The molecule has 1 fully saturated rings. The summed E-state index contributed by atoms with van der Waals surface area (Å²) in [6.07, 6.45) is 4.88. The minimum absolute atomic E-state index is 0.153. The molecule has 0 aliphatic heterocycles. The lowest BCUT2D eigenvalue weighted by molar-refractivity contribution is -0.119. The van der Waals surface area contributed by atoms with Crippen LogP contribution in [0.1, 0.15) is 49.3 Å². The van der Waals surface area contributed by atoms with E-state index in [0.29, 0.717) is 17.1 Å². The first kappa shape index (κ1) is 19.5. The molecular weight excluding hydrogens is 332 g/mol. The van der Waals surface area contributed by atoms with Crippen molar-refractivity contribution in [2.75, 3.05) is 11.9 Å². The number of aryl methyl sites for hydroxylation is 3. The number of carbonyl (C=O) groups excluding carboxylic acids is 1. The van der Waals surface area contributed by atoms with Crippen LogP contribution < -0.4 is 21.5 Å². The van der Waals surface area contributed by atoms with E-state index < -0.39 is 0 Å². The standard InChI is InChI=1S/C19H30N4OS/c1-12-9-14(3)18(15(4)10-12)20-11-17(24)22-23-19(25)21-16-8-6-5-7-13(16)2/h9-10,13,16,20H,5-8,11H2,1-4H3,(H,22,24)(H2,21,23,25)/t13-,16-/m1/s1. The zero-order valence-corrected chi connectivity index (χ0v) is 16.5. The van der Waals surface area contributed by atoms with Gasteiger partial charge in [-0.25, -0.2) is 0 Å². The number of hydrogen-bond acceptors (Lipinski definition) is 3. The second-order valence-corrected chi connectivity index (χ2v) is 7.55. The number of hydrogen-bond donors (Lipinski definition) is 4. The zero-order valence-electron chi connectivity index (χ0n) is 15.7. The van der Waals surface area contributed by atoms with Crippen molar-refractivity contribution in [2.45, 2.75) is 59.4 Å². The molecule has 2 atom stereocenters. The van der Waals surface area contributed by atoms with E-state index in [4.69, 9.17) is 12.2 Å². The summed E-state index contributed by atoms with van der Waals surface area (Å²) in [4.78, 5) is 12.0. The highest BCUT2D eigenvalue weighted by Gasteiger charge is 2.21. The summed E-state index contributed by atoms with van der Waals surface area (Å²) in [7, 11) is 0. The van der Waals surface area contributed by atoms with Gasteiger partial charge in [0, 0.05) is 11.7 Å². The van der Waals surface area contributed by atoms with Crippen LogP contribution in [-0.4, -0.2) is 23.6 Å². The molecule has 1 aliphatic rings. The van der Waals surface area contributed by atoms with E-state index in [0.717, 1.165) is 23.2 Å². The third-order valence-corrected chi connectivity index (χ3v) is 5.07. The maximum atomic E-state index is 12.0. The van der Waals surface area contributed by atoms with E-state index >= 15 is 0 Å². The van der Waals surface area contributed by atoms with Crippen molar-refractivity contribution in [1.82, 2.24) is 16.2 Å². The molecule has 25 heavy (non-hydrogen) atoms. The molecule has 1 amide bonds. The number of benzene rings is 1. The SMILES string of the molecule is Cc1cc(C)c(NCC(=O)NNC(=S)N[C@@H]2CCCC[C@H]2C)c(C)c1. The van der Waals surface area contributed by atoms with Gasteiger partial charge in [0.05, 0.1) is 6.54 Å². The molecule has 6 heteroatoms. The van der Waals surface area contributed by atoms with Crippen LogP contribution in [0.25, 0.3) is 0 Å². The molecule has 5 nitrogen and oxygen atoms in total. The first-order valence-electron chi connectivity index (χ1n) is 9.04. The number of nitrogens with one attached hydrogen (secondary N) is 4. The number of rotatable bonds is 4. The fourth-order valence-corrected chi connectivity index (χ4v) is 3.74. The average molecular weight is 363 g/mol. The topological polar surface area (TPSA) is 65.2 Å². The Balaban J connectivity index is 1.74. The zero-order chi connectivity index (χ0) is 18.4. The second-order valence-electron chi connectivity index (χ2n) is 7.14. The van der Waals surface area contributed by atoms with Crippen molar-refractivity contribution >= 4 is 28.9 Å². The molecule has 1 aliphatic carbocycles. The van der Waals surface area contributed by atoms with Crippen LogP contribution in [0.2, 0.25) is 0 Å². The number of hydrazine groups is 1. The van der Waals surface area contributed by atoms with E-state index in [1.54, 1.807) is 0 Å². The second kappa shape index (κ2) is 9.04.